The van der Waals surface area contributed by atoms with E-state index in [0.717, 1.165) is 12.0 Å². The molecule has 1 saturated heterocycles. The van der Waals surface area contributed by atoms with Crippen LogP contribution in [0, 0.1) is 0 Å². The van der Waals surface area contributed by atoms with Crippen molar-refractivity contribution >= 4 is 5.78 Å². The fourth-order valence-electron chi connectivity index (χ4n) is 1.57. The summed E-state index contributed by atoms with van der Waals surface area (Å²) >= 11 is 0. The van der Waals surface area contributed by atoms with Crippen LogP contribution >= 0.6 is 0 Å². The molecule has 0 aromatic heterocycles. The second-order valence-electron chi connectivity index (χ2n) is 3.39. The number of nitrogens with one attached hydrogen (secondary N) is 1. The number of hydrogen-bond donors (Lipinski definition) is 1. The molecule has 1 aliphatic heterocycles. The van der Waals surface area contributed by atoms with Crippen molar-refractivity contribution in [2.45, 2.75) is 25.4 Å². The average molecular weight is 175 g/mol. The van der Waals surface area contributed by atoms with Gasteiger partial charge in [0.2, 0.25) is 0 Å². The zero-order chi connectivity index (χ0) is 9.26. The predicted molar refractivity (Wildman–Crippen MR) is 51.8 cm³/mol. The summed E-state index contributed by atoms with van der Waals surface area (Å²) in [5.74, 6) is 0.229. The van der Waals surface area contributed by atoms with Crippen molar-refractivity contribution < 1.29 is 4.79 Å². The number of rotatable bonds is 3. The summed E-state index contributed by atoms with van der Waals surface area (Å²) in [6, 6.07) is 9.95. The fraction of sp³-hybridized carbons (Fsp3) is 0.364. The van der Waals surface area contributed by atoms with E-state index < -0.39 is 0 Å². The molecule has 1 aliphatic rings. The SMILES string of the molecule is CC[C@H]1N[C@@H]1C(=O)c1ccccc1. The molecule has 1 heterocycles. The Labute approximate surface area is 78.0 Å². The van der Waals surface area contributed by atoms with Gasteiger partial charge < -0.3 is 5.32 Å². The molecule has 1 fully saturated rings. The molecule has 0 spiro atoms. The second-order valence-corrected chi connectivity index (χ2v) is 3.39. The average Bonchev–Trinajstić information content (AvgIpc) is 2.97. The lowest BCUT2D eigenvalue weighted by Gasteiger charge is -1.96. The Morgan fingerprint density at radius 2 is 2.08 bits per heavy atom. The van der Waals surface area contributed by atoms with Crippen molar-refractivity contribution in [1.29, 1.82) is 0 Å². The highest BCUT2D eigenvalue weighted by Gasteiger charge is 2.40. The Balaban J connectivity index is 2.07. The Morgan fingerprint density at radius 3 is 2.62 bits per heavy atom. The van der Waals surface area contributed by atoms with Crippen LogP contribution in [-0.4, -0.2) is 17.9 Å². The lowest BCUT2D eigenvalue weighted by Crippen LogP contribution is -2.10. The van der Waals surface area contributed by atoms with Gasteiger partial charge in [0.15, 0.2) is 5.78 Å². The van der Waals surface area contributed by atoms with Crippen LogP contribution in [0.25, 0.3) is 0 Å². The number of carbonyl (C=O) groups excluding carboxylic acids is 1. The van der Waals surface area contributed by atoms with Crippen molar-refractivity contribution in [3.8, 4) is 0 Å². The molecule has 0 bridgehead atoms. The highest BCUT2D eigenvalue weighted by molar-refractivity contribution is 6.02. The maximum absolute atomic E-state index is 11.7. The molecular weight excluding hydrogens is 162 g/mol. The Morgan fingerprint density at radius 1 is 1.38 bits per heavy atom. The first kappa shape index (κ1) is 8.45. The van der Waals surface area contributed by atoms with Gasteiger partial charge in [-0.3, -0.25) is 4.79 Å². The molecule has 0 radical (unpaired) electrons. The van der Waals surface area contributed by atoms with Crippen LogP contribution < -0.4 is 5.32 Å². The van der Waals surface area contributed by atoms with Gasteiger partial charge in [-0.25, -0.2) is 0 Å². The quantitative estimate of drug-likeness (QED) is 0.560. The third-order valence-electron chi connectivity index (χ3n) is 2.47. The van der Waals surface area contributed by atoms with Crippen LogP contribution in [0.4, 0.5) is 0 Å². The van der Waals surface area contributed by atoms with Crippen LogP contribution in [0.5, 0.6) is 0 Å². The van der Waals surface area contributed by atoms with Crippen LogP contribution in [0.3, 0.4) is 0 Å². The van der Waals surface area contributed by atoms with Crippen molar-refractivity contribution in [2.24, 2.45) is 0 Å². The van der Waals surface area contributed by atoms with Gasteiger partial charge >= 0.3 is 0 Å². The van der Waals surface area contributed by atoms with E-state index in [0.29, 0.717) is 6.04 Å². The zero-order valence-electron chi connectivity index (χ0n) is 7.66. The molecule has 68 valence electrons. The number of Topliss-reactive ketones (excluding diaryl/α,β-unsaturated/α-hetero) is 1. The van der Waals surface area contributed by atoms with Gasteiger partial charge in [-0.15, -0.1) is 0 Å². The molecule has 2 nitrogen and oxygen atoms in total. The van der Waals surface area contributed by atoms with E-state index in [1.807, 2.05) is 30.3 Å². The molecule has 1 N–H and O–H groups in total. The van der Waals surface area contributed by atoms with E-state index in [-0.39, 0.29) is 11.8 Å². The van der Waals surface area contributed by atoms with Crippen LogP contribution in [0.15, 0.2) is 30.3 Å². The van der Waals surface area contributed by atoms with E-state index in [4.69, 9.17) is 0 Å². The largest absolute Gasteiger partial charge is 0.301 e. The predicted octanol–water partition coefficient (Wildman–Crippen LogP) is 1.62. The Bertz CT molecular complexity index is 307. The molecule has 2 atom stereocenters. The zero-order valence-corrected chi connectivity index (χ0v) is 7.66. The topological polar surface area (TPSA) is 39.0 Å². The van der Waals surface area contributed by atoms with Crippen LogP contribution in [0.1, 0.15) is 23.7 Å². The minimum Gasteiger partial charge on any atom is -0.301 e. The van der Waals surface area contributed by atoms with Crippen LogP contribution in [-0.2, 0) is 0 Å². The summed E-state index contributed by atoms with van der Waals surface area (Å²) in [6.07, 6.45) is 1.03. The molecule has 0 saturated carbocycles. The van der Waals surface area contributed by atoms with E-state index in [2.05, 4.69) is 12.2 Å². The lowest BCUT2D eigenvalue weighted by molar-refractivity contribution is 0.0988. The third kappa shape index (κ3) is 1.63. The van der Waals surface area contributed by atoms with Crippen molar-refractivity contribution in [3.05, 3.63) is 35.9 Å². The standard InChI is InChI=1S/C11H13NO/c1-2-9-10(12-9)11(13)8-6-4-3-5-7-8/h3-7,9-10,12H,2H2,1H3/t9-,10+/m1/s1. The van der Waals surface area contributed by atoms with Gasteiger partial charge in [0.1, 0.15) is 0 Å². The molecule has 1 aromatic carbocycles. The normalized spacial score (nSPS) is 25.6. The van der Waals surface area contributed by atoms with E-state index >= 15 is 0 Å². The monoisotopic (exact) mass is 175 g/mol. The fourth-order valence-corrected chi connectivity index (χ4v) is 1.57. The van der Waals surface area contributed by atoms with Gasteiger partial charge in [0, 0.05) is 11.6 Å². The summed E-state index contributed by atoms with van der Waals surface area (Å²) in [6.45, 7) is 2.09. The molecule has 1 aromatic rings. The molecule has 0 amide bonds. The Kier molecular flexibility index (Phi) is 2.15. The van der Waals surface area contributed by atoms with Gasteiger partial charge in [0.25, 0.3) is 0 Å². The minimum atomic E-state index is 0.0763. The van der Waals surface area contributed by atoms with Gasteiger partial charge in [-0.2, -0.15) is 0 Å². The molecule has 2 heteroatoms. The number of carbonyl (C=O) groups is 1. The Hall–Kier alpha value is -1.15. The summed E-state index contributed by atoms with van der Waals surface area (Å²) in [7, 11) is 0. The molecular formula is C11H13NO. The molecule has 13 heavy (non-hydrogen) atoms. The van der Waals surface area contributed by atoms with E-state index in [9.17, 15) is 4.79 Å². The first-order valence-corrected chi connectivity index (χ1v) is 4.68. The lowest BCUT2D eigenvalue weighted by atomic mass is 10.1. The van der Waals surface area contributed by atoms with Crippen molar-refractivity contribution in [3.63, 3.8) is 0 Å². The number of ketones is 1. The molecule has 0 aliphatic carbocycles. The minimum absolute atomic E-state index is 0.0763. The van der Waals surface area contributed by atoms with E-state index in [1.54, 1.807) is 0 Å². The first-order valence-electron chi connectivity index (χ1n) is 4.68. The summed E-state index contributed by atoms with van der Waals surface area (Å²) in [4.78, 5) is 11.7. The maximum Gasteiger partial charge on any atom is 0.181 e. The smallest absolute Gasteiger partial charge is 0.181 e. The summed E-state index contributed by atoms with van der Waals surface area (Å²) in [5.41, 5.74) is 0.816. The third-order valence-corrected chi connectivity index (χ3v) is 2.47. The van der Waals surface area contributed by atoms with E-state index in [1.165, 1.54) is 0 Å². The van der Waals surface area contributed by atoms with Gasteiger partial charge in [-0.1, -0.05) is 37.3 Å². The van der Waals surface area contributed by atoms with Crippen molar-refractivity contribution in [2.75, 3.05) is 0 Å². The maximum atomic E-state index is 11.7. The number of hydrogen-bond acceptors (Lipinski definition) is 2. The van der Waals surface area contributed by atoms with Crippen molar-refractivity contribution in [1.82, 2.24) is 5.32 Å². The van der Waals surface area contributed by atoms with Gasteiger partial charge in [-0.05, 0) is 6.42 Å². The van der Waals surface area contributed by atoms with Crippen LogP contribution in [0.2, 0.25) is 0 Å². The second kappa shape index (κ2) is 3.30. The highest BCUT2D eigenvalue weighted by Crippen LogP contribution is 2.19. The molecule has 0 unspecified atom stereocenters. The first-order chi connectivity index (χ1) is 6.33. The highest BCUT2D eigenvalue weighted by atomic mass is 16.1. The van der Waals surface area contributed by atoms with Gasteiger partial charge in [0.05, 0.1) is 6.04 Å². The molecule has 2 rings (SSSR count). The summed E-state index contributed by atoms with van der Waals surface area (Å²) < 4.78 is 0. The number of benzene rings is 1. The summed E-state index contributed by atoms with van der Waals surface area (Å²) in [5, 5.41) is 3.17.